The number of aryl methyl sites for hydroxylation is 3. The fraction of sp³-hybridized carbons (Fsp3) is 0.543. The average molecular weight is 1440 g/mol. The Labute approximate surface area is 612 Å². The van der Waals surface area contributed by atoms with Crippen LogP contribution in [0.5, 0.6) is 17.2 Å². The van der Waals surface area contributed by atoms with Crippen LogP contribution in [0.4, 0.5) is 8.78 Å². The van der Waals surface area contributed by atoms with E-state index >= 15 is 0 Å². The third-order valence-corrected chi connectivity index (χ3v) is 21.8. The largest absolute Gasteiger partial charge is 0.493 e. The molecule has 16 rings (SSSR count). The normalized spacial score (nSPS) is 17.4. The second-order valence-corrected chi connectivity index (χ2v) is 30.9. The number of piperidine rings is 3. The van der Waals surface area contributed by atoms with E-state index in [9.17, 15) is 8.78 Å². The highest BCUT2D eigenvalue weighted by Gasteiger charge is 2.30. The van der Waals surface area contributed by atoms with E-state index in [1.54, 1.807) is 12.1 Å². The fourth-order valence-electron chi connectivity index (χ4n) is 15.2. The Morgan fingerprint density at radius 1 is 0.422 bits per heavy atom. The van der Waals surface area contributed by atoms with Crippen molar-refractivity contribution >= 4 is 79.5 Å². The monoisotopic (exact) mass is 1440 g/mol. The van der Waals surface area contributed by atoms with Gasteiger partial charge in [-0.15, -0.1) is 24.8 Å². The summed E-state index contributed by atoms with van der Waals surface area (Å²) in [5.41, 5.74) is 13.6. The van der Waals surface area contributed by atoms with Crippen molar-refractivity contribution in [3.8, 4) is 17.2 Å². The number of ether oxygens (including phenoxy) is 3. The molecule has 5 aromatic carbocycles. The zero-order valence-corrected chi connectivity index (χ0v) is 62.4. The third kappa shape index (κ3) is 19.4. The van der Waals surface area contributed by atoms with Gasteiger partial charge in [0.05, 0.1) is 53.6 Å². The minimum Gasteiger partial charge on any atom is -0.493 e. The lowest BCUT2D eigenvalue weighted by Crippen LogP contribution is -2.33. The smallest absolute Gasteiger partial charge is 0.175 e. The van der Waals surface area contributed by atoms with Crippen molar-refractivity contribution in [2.24, 2.45) is 35.5 Å². The Kier molecular flexibility index (Phi) is 25.6. The Morgan fingerprint density at radius 2 is 0.755 bits per heavy atom. The molecule has 17 nitrogen and oxygen atoms in total. The second kappa shape index (κ2) is 34.9. The van der Waals surface area contributed by atoms with Gasteiger partial charge in [-0.3, -0.25) is 9.80 Å². The highest BCUT2D eigenvalue weighted by molar-refractivity contribution is 5.88. The SMILES string of the molecule is CN(C)Cc1c(OCC2CC2)ccc2c(CCC3CCN(Cc4c[nH]c5ccc(F)cc45)CC3)noc12.CN(C)Cc1c(OCC2CC2)ccc2c(CCC3CCN(Cc4c[nH]c5ccc(F)cc45)CC3)noc12.CN(C)Cc1c(OCC2CC2)ccc2c(CCC3CCNCC3)noc12.Cl.Cl. The number of nitrogens with one attached hydrogen (secondary N) is 3. The van der Waals surface area contributed by atoms with Gasteiger partial charge in [0.15, 0.2) is 16.7 Å². The van der Waals surface area contributed by atoms with Crippen molar-refractivity contribution in [1.82, 2.24) is 55.3 Å². The average Bonchev–Trinajstić information content (AvgIpc) is 1.64. The number of rotatable bonds is 28. The van der Waals surface area contributed by atoms with Gasteiger partial charge in [0.2, 0.25) is 0 Å². The van der Waals surface area contributed by atoms with Crippen molar-refractivity contribution in [3.63, 3.8) is 0 Å². The molecule has 3 aliphatic heterocycles. The van der Waals surface area contributed by atoms with E-state index in [-0.39, 0.29) is 36.4 Å². The van der Waals surface area contributed by atoms with Crippen LogP contribution in [0, 0.1) is 47.1 Å². The van der Waals surface area contributed by atoms with Crippen LogP contribution in [0.15, 0.2) is 98.8 Å². The highest BCUT2D eigenvalue weighted by atomic mass is 35.5. The third-order valence-electron chi connectivity index (χ3n) is 21.8. The van der Waals surface area contributed by atoms with Crippen LogP contribution in [-0.4, -0.2) is 151 Å². The van der Waals surface area contributed by atoms with Crippen LogP contribution in [-0.2, 0) is 52.0 Å². The molecule has 0 spiro atoms. The fourth-order valence-corrected chi connectivity index (χ4v) is 15.2. The number of aromatic nitrogens is 5. The number of hydrogen-bond donors (Lipinski definition) is 3. The minimum atomic E-state index is -0.178. The lowest BCUT2D eigenvalue weighted by Gasteiger charge is -2.31. The maximum Gasteiger partial charge on any atom is 0.175 e. The molecular weight excluding hydrogens is 1330 g/mol. The van der Waals surface area contributed by atoms with Crippen LogP contribution in [0.3, 0.4) is 0 Å². The first-order chi connectivity index (χ1) is 48.8. The molecule has 8 heterocycles. The first-order valence-corrected chi connectivity index (χ1v) is 37.5. The molecule has 6 aliphatic rings. The molecule has 0 bridgehead atoms. The number of likely N-dealkylation sites (tertiary alicyclic amines) is 2. The van der Waals surface area contributed by atoms with E-state index < -0.39 is 0 Å². The Hall–Kier alpha value is -6.81. The lowest BCUT2D eigenvalue weighted by molar-refractivity contribution is 0.172. The Balaban J connectivity index is 0.000000145. The summed E-state index contributed by atoms with van der Waals surface area (Å²) in [7, 11) is 12.5. The van der Waals surface area contributed by atoms with Crippen molar-refractivity contribution in [3.05, 3.63) is 142 Å². The summed E-state index contributed by atoms with van der Waals surface area (Å²) in [4.78, 5) is 18.0. The van der Waals surface area contributed by atoms with Crippen molar-refractivity contribution in [2.45, 2.75) is 148 Å². The van der Waals surface area contributed by atoms with E-state index in [0.717, 1.165) is 241 Å². The second-order valence-electron chi connectivity index (χ2n) is 30.9. The van der Waals surface area contributed by atoms with Crippen LogP contribution < -0.4 is 19.5 Å². The topological polar surface area (TPSA) is 166 Å². The molecule has 102 heavy (non-hydrogen) atoms. The van der Waals surface area contributed by atoms with Gasteiger partial charge < -0.3 is 57.8 Å². The van der Waals surface area contributed by atoms with Crippen LogP contribution in [0.1, 0.15) is 141 Å². The molecule has 10 aromatic rings. The maximum absolute atomic E-state index is 13.7. The maximum atomic E-state index is 13.7. The van der Waals surface area contributed by atoms with Gasteiger partial charge in [0.25, 0.3) is 0 Å². The molecule has 3 saturated carbocycles. The summed E-state index contributed by atoms with van der Waals surface area (Å²) < 4.78 is 63.6. The highest BCUT2D eigenvalue weighted by Crippen LogP contribution is 2.40. The van der Waals surface area contributed by atoms with E-state index in [0.29, 0.717) is 23.7 Å². The summed E-state index contributed by atoms with van der Waals surface area (Å²) in [5.74, 6) is 6.82. The lowest BCUT2D eigenvalue weighted by atomic mass is 9.91. The van der Waals surface area contributed by atoms with Gasteiger partial charge in [-0.1, -0.05) is 15.5 Å². The van der Waals surface area contributed by atoms with Gasteiger partial charge in [-0.05, 0) is 317 Å². The standard InChI is InChI=1S/2C30H37FN4O2.C21H31N3O2.2ClH/c2*1-34(2)18-26-29(36-19-21-3-4-21)10-7-24-28(33-37-30(24)26)8-5-20-11-13-35(14-12-20)17-22-16-32-27-9-6-23(31)15-25(22)27;1-24(2)13-18-20(25-14-16-3-4-16)8-6-17-19(23-26-21(17)18)7-5-15-9-11-22-12-10-15;;/h2*6-7,9-10,15-16,20-21,32H,3-5,8,11-14,17-19H2,1-2H3;6,8,15-16,22H,3-5,7,9-14H2,1-2H3;2*1H. The summed E-state index contributed by atoms with van der Waals surface area (Å²) in [5, 5.41) is 22.3. The van der Waals surface area contributed by atoms with E-state index in [2.05, 4.69) is 134 Å². The van der Waals surface area contributed by atoms with Crippen LogP contribution in [0.2, 0.25) is 0 Å². The zero-order valence-electron chi connectivity index (χ0n) is 60.8. The number of hydrogen-bond acceptors (Lipinski definition) is 15. The number of halogens is 4. The number of nitrogens with zero attached hydrogens (tertiary/aromatic N) is 8. The molecule has 0 amide bonds. The molecule has 0 atom stereocenters. The molecule has 550 valence electrons. The summed E-state index contributed by atoms with van der Waals surface area (Å²) in [6.45, 7) is 13.1. The predicted molar refractivity (Wildman–Crippen MR) is 406 cm³/mol. The number of benzene rings is 5. The first kappa shape index (κ1) is 74.9. The van der Waals surface area contributed by atoms with Gasteiger partial charge in [0.1, 0.15) is 28.9 Å². The number of fused-ring (bicyclic) bond motifs is 5. The zero-order chi connectivity index (χ0) is 68.6. The minimum absolute atomic E-state index is 0. The molecule has 0 unspecified atom stereocenters. The molecule has 3 saturated heterocycles. The molecule has 0 radical (unpaired) electrons. The molecule has 5 aromatic heterocycles. The Morgan fingerprint density at radius 3 is 1.08 bits per heavy atom. The van der Waals surface area contributed by atoms with Gasteiger partial charge in [-0.2, -0.15) is 0 Å². The molecule has 21 heteroatoms. The van der Waals surface area contributed by atoms with Crippen LogP contribution >= 0.6 is 24.8 Å². The first-order valence-electron chi connectivity index (χ1n) is 37.5. The van der Waals surface area contributed by atoms with Gasteiger partial charge in [-0.25, -0.2) is 8.78 Å². The van der Waals surface area contributed by atoms with E-state index in [1.165, 1.54) is 107 Å². The molecule has 6 fully saturated rings. The van der Waals surface area contributed by atoms with E-state index in [1.807, 2.05) is 24.5 Å². The van der Waals surface area contributed by atoms with Crippen molar-refractivity contribution in [2.75, 3.05) is 101 Å². The quantitative estimate of drug-likeness (QED) is 0.0424. The van der Waals surface area contributed by atoms with Gasteiger partial charge >= 0.3 is 0 Å². The van der Waals surface area contributed by atoms with E-state index in [4.69, 9.17) is 27.8 Å². The summed E-state index contributed by atoms with van der Waals surface area (Å²) in [6, 6.07) is 22.7. The van der Waals surface area contributed by atoms with Crippen molar-refractivity contribution < 1.29 is 36.6 Å². The number of H-pyrrole nitrogens is 2. The predicted octanol–water partition coefficient (Wildman–Crippen LogP) is 16.7. The molecular formula is C81H107Cl2F2N11O6. The van der Waals surface area contributed by atoms with Crippen LogP contribution in [0.25, 0.3) is 54.7 Å². The Bertz CT molecular complexity index is 4110. The molecule has 3 N–H and O–H groups in total. The van der Waals surface area contributed by atoms with Gasteiger partial charge in [0, 0.05) is 83.1 Å². The summed E-state index contributed by atoms with van der Waals surface area (Å²) in [6.07, 6.45) is 25.3. The van der Waals surface area contributed by atoms with Crippen molar-refractivity contribution in [1.29, 1.82) is 0 Å². The summed E-state index contributed by atoms with van der Waals surface area (Å²) >= 11 is 0. The number of aromatic amines is 2. The molecule has 3 aliphatic carbocycles.